The first-order valence-corrected chi connectivity index (χ1v) is 4.81. The monoisotopic (exact) mass is 198 g/mol. The maximum Gasteiger partial charge on any atom is 0.169 e. The first-order valence-electron chi connectivity index (χ1n) is 4.81. The number of aliphatic hydroxyl groups is 1. The second kappa shape index (κ2) is 4.32. The predicted octanol–water partition coefficient (Wildman–Crippen LogP) is 0.238. The van der Waals surface area contributed by atoms with Gasteiger partial charge in [-0.25, -0.2) is 0 Å². The Morgan fingerprint density at radius 3 is 2.64 bits per heavy atom. The van der Waals surface area contributed by atoms with Crippen molar-refractivity contribution in [2.24, 2.45) is 5.92 Å². The highest BCUT2D eigenvalue weighted by molar-refractivity contribution is 5.61. The summed E-state index contributed by atoms with van der Waals surface area (Å²) in [6, 6.07) is 0. The molecule has 1 heterocycles. The third kappa shape index (κ3) is 1.98. The molecule has 1 aromatic rings. The molecule has 0 fully saturated rings. The van der Waals surface area contributed by atoms with Gasteiger partial charge in [-0.15, -0.1) is 0 Å². The first-order chi connectivity index (χ1) is 6.60. The average Bonchev–Trinajstić information content (AvgIpc) is 2.42. The first kappa shape index (κ1) is 10.8. The van der Waals surface area contributed by atoms with Crippen LogP contribution in [-0.2, 0) is 13.0 Å². The molecule has 1 rings (SSSR count). The van der Waals surface area contributed by atoms with E-state index >= 15 is 0 Å². The van der Waals surface area contributed by atoms with E-state index in [1.807, 2.05) is 13.8 Å². The molecule has 0 aromatic carbocycles. The number of anilines is 2. The van der Waals surface area contributed by atoms with Crippen LogP contribution in [0.25, 0.3) is 0 Å². The molecule has 80 valence electrons. The Labute approximate surface area is 83.7 Å². The summed E-state index contributed by atoms with van der Waals surface area (Å²) in [4.78, 5) is 0. The number of aliphatic hydroxyl groups excluding tert-OH is 1. The smallest absolute Gasteiger partial charge is 0.169 e. The molecule has 0 aliphatic carbocycles. The Kier molecular flexibility index (Phi) is 3.35. The summed E-state index contributed by atoms with van der Waals surface area (Å²) in [5.41, 5.74) is 12.9. The van der Waals surface area contributed by atoms with Crippen molar-refractivity contribution in [3.63, 3.8) is 0 Å². The lowest BCUT2D eigenvalue weighted by molar-refractivity contribution is 0.218. The van der Waals surface area contributed by atoms with Gasteiger partial charge in [0.05, 0.1) is 11.4 Å². The van der Waals surface area contributed by atoms with Crippen LogP contribution in [0.2, 0.25) is 0 Å². The van der Waals surface area contributed by atoms with E-state index in [1.165, 1.54) is 0 Å². The lowest BCUT2D eigenvalue weighted by atomic mass is 10.2. The standard InChI is InChI=1S/C9H18N4O/c1-3-7-8(10)9(11)12-13(7)4-6(2)5-14/h6,14H,3-5,10H2,1-2H3,(H2,11,12). The Hall–Kier alpha value is -1.23. The number of hydrogen-bond acceptors (Lipinski definition) is 4. The van der Waals surface area contributed by atoms with Gasteiger partial charge in [-0.05, 0) is 12.3 Å². The SMILES string of the molecule is CCc1c(N)c(N)nn1CC(C)CO. The van der Waals surface area contributed by atoms with Crippen LogP contribution in [0.4, 0.5) is 11.5 Å². The van der Waals surface area contributed by atoms with Gasteiger partial charge < -0.3 is 16.6 Å². The number of rotatable bonds is 4. The van der Waals surface area contributed by atoms with Crippen molar-refractivity contribution < 1.29 is 5.11 Å². The van der Waals surface area contributed by atoms with Gasteiger partial charge in [0.2, 0.25) is 0 Å². The highest BCUT2D eigenvalue weighted by atomic mass is 16.3. The highest BCUT2D eigenvalue weighted by Gasteiger charge is 2.12. The molecule has 0 saturated heterocycles. The maximum atomic E-state index is 8.93. The number of aromatic nitrogens is 2. The molecule has 0 aliphatic rings. The van der Waals surface area contributed by atoms with E-state index in [9.17, 15) is 0 Å². The van der Waals surface area contributed by atoms with E-state index in [2.05, 4.69) is 5.10 Å². The van der Waals surface area contributed by atoms with Crippen LogP contribution in [0.5, 0.6) is 0 Å². The van der Waals surface area contributed by atoms with E-state index in [-0.39, 0.29) is 12.5 Å². The Balaban J connectivity index is 2.91. The molecule has 5 N–H and O–H groups in total. The van der Waals surface area contributed by atoms with Crippen LogP contribution in [0.3, 0.4) is 0 Å². The fraction of sp³-hybridized carbons (Fsp3) is 0.667. The van der Waals surface area contributed by atoms with Gasteiger partial charge >= 0.3 is 0 Å². The van der Waals surface area contributed by atoms with Crippen molar-refractivity contribution in [3.8, 4) is 0 Å². The molecule has 1 unspecified atom stereocenters. The summed E-state index contributed by atoms with van der Waals surface area (Å²) in [7, 11) is 0. The second-order valence-corrected chi connectivity index (χ2v) is 3.57. The third-order valence-electron chi connectivity index (χ3n) is 2.26. The average molecular weight is 198 g/mol. The minimum Gasteiger partial charge on any atom is -0.396 e. The van der Waals surface area contributed by atoms with Crippen molar-refractivity contribution in [1.82, 2.24) is 9.78 Å². The molecule has 0 amide bonds. The van der Waals surface area contributed by atoms with Crippen LogP contribution in [0.15, 0.2) is 0 Å². The van der Waals surface area contributed by atoms with Gasteiger partial charge in [0, 0.05) is 13.2 Å². The fourth-order valence-corrected chi connectivity index (χ4v) is 1.41. The molecule has 0 radical (unpaired) electrons. The summed E-state index contributed by atoms with van der Waals surface area (Å²) in [6.07, 6.45) is 0.800. The molecule has 5 nitrogen and oxygen atoms in total. The van der Waals surface area contributed by atoms with E-state index in [0.717, 1.165) is 12.1 Å². The Morgan fingerprint density at radius 2 is 2.14 bits per heavy atom. The summed E-state index contributed by atoms with van der Waals surface area (Å²) >= 11 is 0. The number of nitrogen functional groups attached to an aromatic ring is 2. The zero-order valence-electron chi connectivity index (χ0n) is 8.70. The van der Waals surface area contributed by atoms with Crippen LogP contribution < -0.4 is 11.5 Å². The van der Waals surface area contributed by atoms with Gasteiger partial charge in [0.25, 0.3) is 0 Å². The van der Waals surface area contributed by atoms with Gasteiger partial charge in [0.15, 0.2) is 5.82 Å². The molecule has 0 aliphatic heterocycles. The summed E-state index contributed by atoms with van der Waals surface area (Å²) < 4.78 is 1.78. The number of nitrogens with two attached hydrogens (primary N) is 2. The lowest BCUT2D eigenvalue weighted by Gasteiger charge is -2.10. The van der Waals surface area contributed by atoms with E-state index in [0.29, 0.717) is 18.1 Å². The third-order valence-corrected chi connectivity index (χ3v) is 2.26. The predicted molar refractivity (Wildman–Crippen MR) is 56.7 cm³/mol. The summed E-state index contributed by atoms with van der Waals surface area (Å²) in [5.74, 6) is 0.547. The fourth-order valence-electron chi connectivity index (χ4n) is 1.41. The van der Waals surface area contributed by atoms with Crippen molar-refractivity contribution in [2.45, 2.75) is 26.8 Å². The molecule has 5 heteroatoms. The molecule has 0 spiro atoms. The van der Waals surface area contributed by atoms with Crippen LogP contribution in [0, 0.1) is 5.92 Å². The van der Waals surface area contributed by atoms with E-state index < -0.39 is 0 Å². The van der Waals surface area contributed by atoms with E-state index in [4.69, 9.17) is 16.6 Å². The van der Waals surface area contributed by atoms with Crippen molar-refractivity contribution in [3.05, 3.63) is 5.69 Å². The number of hydrogen-bond donors (Lipinski definition) is 3. The minimum atomic E-state index is 0.142. The molecule has 0 saturated carbocycles. The second-order valence-electron chi connectivity index (χ2n) is 3.57. The van der Waals surface area contributed by atoms with Gasteiger partial charge in [-0.1, -0.05) is 13.8 Å². The molecule has 1 atom stereocenters. The normalized spacial score (nSPS) is 13.1. The van der Waals surface area contributed by atoms with Crippen LogP contribution in [0.1, 0.15) is 19.5 Å². The maximum absolute atomic E-state index is 8.93. The van der Waals surface area contributed by atoms with Crippen molar-refractivity contribution >= 4 is 11.5 Å². The minimum absolute atomic E-state index is 0.142. The van der Waals surface area contributed by atoms with Gasteiger partial charge in [-0.3, -0.25) is 4.68 Å². The quantitative estimate of drug-likeness (QED) is 0.646. The molecular formula is C9H18N4O. The topological polar surface area (TPSA) is 90.1 Å². The Bertz CT molecular complexity index is 308. The summed E-state index contributed by atoms with van der Waals surface area (Å²) in [5, 5.41) is 13.1. The van der Waals surface area contributed by atoms with Gasteiger partial charge in [-0.2, -0.15) is 5.10 Å². The zero-order valence-corrected chi connectivity index (χ0v) is 8.70. The summed E-state index contributed by atoms with van der Waals surface area (Å²) in [6.45, 7) is 4.75. The van der Waals surface area contributed by atoms with Crippen molar-refractivity contribution in [2.75, 3.05) is 18.1 Å². The van der Waals surface area contributed by atoms with Crippen LogP contribution in [-0.4, -0.2) is 21.5 Å². The molecule has 1 aromatic heterocycles. The largest absolute Gasteiger partial charge is 0.396 e. The molecule has 0 bridgehead atoms. The Morgan fingerprint density at radius 1 is 1.50 bits per heavy atom. The van der Waals surface area contributed by atoms with Crippen LogP contribution >= 0.6 is 0 Å². The lowest BCUT2D eigenvalue weighted by Crippen LogP contribution is -2.14. The van der Waals surface area contributed by atoms with Gasteiger partial charge in [0.1, 0.15) is 0 Å². The highest BCUT2D eigenvalue weighted by Crippen LogP contribution is 2.20. The van der Waals surface area contributed by atoms with Crippen molar-refractivity contribution in [1.29, 1.82) is 0 Å². The number of nitrogens with zero attached hydrogens (tertiary/aromatic N) is 2. The zero-order chi connectivity index (χ0) is 10.7. The van der Waals surface area contributed by atoms with E-state index in [1.54, 1.807) is 4.68 Å². The molecule has 14 heavy (non-hydrogen) atoms. The molecular weight excluding hydrogens is 180 g/mol.